The molecule has 2 aromatic carbocycles. The third-order valence-corrected chi connectivity index (χ3v) is 3.84. The van der Waals surface area contributed by atoms with Gasteiger partial charge in [0.2, 0.25) is 5.89 Å². The zero-order valence-corrected chi connectivity index (χ0v) is 13.6. The molecule has 0 aliphatic rings. The van der Waals surface area contributed by atoms with Gasteiger partial charge in [0.25, 0.3) is 5.91 Å². The summed E-state index contributed by atoms with van der Waals surface area (Å²) in [5.41, 5.74) is 4.30. The Morgan fingerprint density at radius 2 is 1.88 bits per heavy atom. The molecular weight excluding hydrogens is 314 g/mol. The summed E-state index contributed by atoms with van der Waals surface area (Å²) < 4.78 is 5.76. The average molecular weight is 329 g/mol. The van der Waals surface area contributed by atoms with Crippen LogP contribution in [0, 0.1) is 6.92 Å². The predicted molar refractivity (Wildman–Crippen MR) is 96.4 cm³/mol. The first-order valence-electron chi connectivity index (χ1n) is 7.89. The van der Waals surface area contributed by atoms with Crippen molar-refractivity contribution in [1.82, 2.24) is 9.97 Å². The fourth-order valence-electron chi connectivity index (χ4n) is 2.50. The van der Waals surface area contributed by atoms with Crippen molar-refractivity contribution in [2.75, 3.05) is 5.32 Å². The van der Waals surface area contributed by atoms with Crippen LogP contribution >= 0.6 is 0 Å². The number of nitrogens with zero attached hydrogens (tertiary/aromatic N) is 2. The van der Waals surface area contributed by atoms with Crippen LogP contribution in [0.1, 0.15) is 15.9 Å². The number of benzene rings is 2. The molecule has 2 heterocycles. The number of fused-ring (bicyclic) bond motifs is 1. The lowest BCUT2D eigenvalue weighted by molar-refractivity contribution is 0.102. The van der Waals surface area contributed by atoms with E-state index in [-0.39, 0.29) is 5.91 Å². The van der Waals surface area contributed by atoms with Crippen LogP contribution in [0.2, 0.25) is 0 Å². The Morgan fingerprint density at radius 1 is 1.04 bits per heavy atom. The van der Waals surface area contributed by atoms with E-state index in [0.29, 0.717) is 28.2 Å². The number of amides is 1. The molecule has 0 unspecified atom stereocenters. The molecular formula is C20H15N3O2. The molecule has 5 nitrogen and oxygen atoms in total. The molecule has 25 heavy (non-hydrogen) atoms. The molecule has 0 saturated heterocycles. The van der Waals surface area contributed by atoms with E-state index in [4.69, 9.17) is 4.42 Å². The number of oxazole rings is 1. The van der Waals surface area contributed by atoms with Crippen molar-refractivity contribution in [3.8, 4) is 11.6 Å². The Balaban J connectivity index is 1.62. The highest BCUT2D eigenvalue weighted by atomic mass is 16.3. The van der Waals surface area contributed by atoms with E-state index in [9.17, 15) is 4.79 Å². The maximum atomic E-state index is 12.4. The molecule has 0 spiro atoms. The number of hydrogen-bond donors (Lipinski definition) is 1. The maximum absolute atomic E-state index is 12.4. The summed E-state index contributed by atoms with van der Waals surface area (Å²) in [7, 11) is 0. The molecule has 0 bridgehead atoms. The number of carbonyl (C=O) groups excluding carboxylic acids is 1. The van der Waals surface area contributed by atoms with Crippen LogP contribution in [-0.4, -0.2) is 15.9 Å². The molecule has 4 rings (SSSR count). The Kier molecular flexibility index (Phi) is 3.74. The number of rotatable bonds is 3. The standard InChI is InChI=1S/C20H15N3O2/c1-13-5-8-15(9-6-13)22-19(24)14-7-10-16-18(12-14)25-20(23-16)17-4-2-3-11-21-17/h2-12H,1H3,(H,22,24). The molecule has 0 aliphatic heterocycles. The summed E-state index contributed by atoms with van der Waals surface area (Å²) in [6.45, 7) is 2.00. The van der Waals surface area contributed by atoms with E-state index in [2.05, 4.69) is 15.3 Å². The van der Waals surface area contributed by atoms with E-state index in [1.165, 1.54) is 0 Å². The molecule has 122 valence electrons. The molecule has 1 amide bonds. The summed E-state index contributed by atoms with van der Waals surface area (Å²) in [5, 5.41) is 2.88. The van der Waals surface area contributed by atoms with Crippen LogP contribution in [0.4, 0.5) is 5.69 Å². The van der Waals surface area contributed by atoms with Crippen molar-refractivity contribution < 1.29 is 9.21 Å². The fraction of sp³-hybridized carbons (Fsp3) is 0.0500. The second-order valence-electron chi connectivity index (χ2n) is 5.74. The van der Waals surface area contributed by atoms with Gasteiger partial charge in [-0.3, -0.25) is 9.78 Å². The van der Waals surface area contributed by atoms with Crippen molar-refractivity contribution >= 4 is 22.7 Å². The zero-order chi connectivity index (χ0) is 17.2. The molecule has 0 radical (unpaired) electrons. The van der Waals surface area contributed by atoms with Gasteiger partial charge in [0.1, 0.15) is 11.2 Å². The van der Waals surface area contributed by atoms with E-state index in [1.807, 2.05) is 49.4 Å². The van der Waals surface area contributed by atoms with E-state index < -0.39 is 0 Å². The van der Waals surface area contributed by atoms with Gasteiger partial charge in [-0.15, -0.1) is 0 Å². The van der Waals surface area contributed by atoms with Gasteiger partial charge < -0.3 is 9.73 Å². The topological polar surface area (TPSA) is 68.0 Å². The zero-order valence-electron chi connectivity index (χ0n) is 13.6. The number of aromatic nitrogens is 2. The summed E-state index contributed by atoms with van der Waals surface area (Å²) in [6.07, 6.45) is 1.69. The average Bonchev–Trinajstić information content (AvgIpc) is 3.07. The Hall–Kier alpha value is -3.47. The Labute approximate surface area is 144 Å². The molecule has 0 atom stereocenters. The third-order valence-electron chi connectivity index (χ3n) is 3.84. The van der Waals surface area contributed by atoms with E-state index in [0.717, 1.165) is 11.3 Å². The molecule has 0 aliphatic carbocycles. The molecule has 2 aromatic heterocycles. The summed E-state index contributed by atoms with van der Waals surface area (Å²) in [6, 6.07) is 18.4. The first kappa shape index (κ1) is 15.1. The minimum atomic E-state index is -0.193. The molecule has 1 N–H and O–H groups in total. The van der Waals surface area contributed by atoms with Crippen molar-refractivity contribution in [3.05, 3.63) is 78.0 Å². The van der Waals surface area contributed by atoms with Gasteiger partial charge in [0.15, 0.2) is 5.58 Å². The van der Waals surface area contributed by atoms with Crippen LogP contribution in [0.5, 0.6) is 0 Å². The first-order valence-corrected chi connectivity index (χ1v) is 7.89. The molecule has 4 aromatic rings. The quantitative estimate of drug-likeness (QED) is 0.603. The number of carbonyl (C=O) groups is 1. The second-order valence-corrected chi connectivity index (χ2v) is 5.74. The lowest BCUT2D eigenvalue weighted by Crippen LogP contribution is -2.11. The minimum Gasteiger partial charge on any atom is -0.435 e. The van der Waals surface area contributed by atoms with Gasteiger partial charge in [-0.2, -0.15) is 0 Å². The van der Waals surface area contributed by atoms with Gasteiger partial charge in [-0.05, 0) is 49.4 Å². The summed E-state index contributed by atoms with van der Waals surface area (Å²) >= 11 is 0. The number of pyridine rings is 1. The lowest BCUT2D eigenvalue weighted by Gasteiger charge is -2.05. The lowest BCUT2D eigenvalue weighted by atomic mass is 10.2. The smallest absolute Gasteiger partial charge is 0.255 e. The van der Waals surface area contributed by atoms with E-state index in [1.54, 1.807) is 24.4 Å². The van der Waals surface area contributed by atoms with Crippen molar-refractivity contribution in [2.24, 2.45) is 0 Å². The highest BCUT2D eigenvalue weighted by molar-refractivity contribution is 6.05. The number of nitrogens with one attached hydrogen (secondary N) is 1. The van der Waals surface area contributed by atoms with Gasteiger partial charge in [-0.1, -0.05) is 23.8 Å². The Morgan fingerprint density at radius 3 is 2.64 bits per heavy atom. The highest BCUT2D eigenvalue weighted by Gasteiger charge is 2.12. The van der Waals surface area contributed by atoms with Crippen molar-refractivity contribution in [2.45, 2.75) is 6.92 Å². The third kappa shape index (κ3) is 3.12. The largest absolute Gasteiger partial charge is 0.435 e. The van der Waals surface area contributed by atoms with Crippen LogP contribution in [0.15, 0.2) is 71.3 Å². The monoisotopic (exact) mass is 329 g/mol. The van der Waals surface area contributed by atoms with Crippen LogP contribution < -0.4 is 5.32 Å². The van der Waals surface area contributed by atoms with Crippen molar-refractivity contribution in [3.63, 3.8) is 0 Å². The van der Waals surface area contributed by atoms with E-state index >= 15 is 0 Å². The normalized spacial score (nSPS) is 10.8. The summed E-state index contributed by atoms with van der Waals surface area (Å²) in [4.78, 5) is 21.1. The molecule has 5 heteroatoms. The van der Waals surface area contributed by atoms with Gasteiger partial charge in [-0.25, -0.2) is 4.98 Å². The van der Waals surface area contributed by atoms with Gasteiger partial charge in [0.05, 0.1) is 0 Å². The molecule has 0 saturated carbocycles. The first-order chi connectivity index (χ1) is 12.2. The number of anilines is 1. The van der Waals surface area contributed by atoms with Crippen LogP contribution in [0.25, 0.3) is 22.7 Å². The SMILES string of the molecule is Cc1ccc(NC(=O)c2ccc3nc(-c4ccccn4)oc3c2)cc1. The Bertz CT molecular complexity index is 1040. The predicted octanol–water partition coefficient (Wildman–Crippen LogP) is 4.45. The highest BCUT2D eigenvalue weighted by Crippen LogP contribution is 2.24. The van der Waals surface area contributed by atoms with Gasteiger partial charge in [0, 0.05) is 17.4 Å². The minimum absolute atomic E-state index is 0.193. The van der Waals surface area contributed by atoms with Crippen LogP contribution in [0.3, 0.4) is 0 Å². The van der Waals surface area contributed by atoms with Crippen LogP contribution in [-0.2, 0) is 0 Å². The van der Waals surface area contributed by atoms with Crippen molar-refractivity contribution in [1.29, 1.82) is 0 Å². The number of hydrogen-bond acceptors (Lipinski definition) is 4. The maximum Gasteiger partial charge on any atom is 0.255 e. The second kappa shape index (κ2) is 6.20. The van der Waals surface area contributed by atoms with Gasteiger partial charge >= 0.3 is 0 Å². The number of aryl methyl sites for hydroxylation is 1. The molecule has 0 fully saturated rings. The summed E-state index contributed by atoms with van der Waals surface area (Å²) in [5.74, 6) is 0.244. The fourth-order valence-corrected chi connectivity index (χ4v) is 2.50.